The number of aryl methyl sites for hydroxylation is 1. The summed E-state index contributed by atoms with van der Waals surface area (Å²) in [5, 5.41) is 33.4. The van der Waals surface area contributed by atoms with Crippen LogP contribution in [0, 0.1) is 11.3 Å². The van der Waals surface area contributed by atoms with Crippen molar-refractivity contribution in [3.05, 3.63) is 40.4 Å². The van der Waals surface area contributed by atoms with E-state index in [0.717, 1.165) is 42.7 Å². The summed E-state index contributed by atoms with van der Waals surface area (Å²) in [6, 6.07) is 4.16. The van der Waals surface area contributed by atoms with Crippen LogP contribution in [0.5, 0.6) is 5.75 Å². The highest BCUT2D eigenvalue weighted by atomic mass is 32.3. The van der Waals surface area contributed by atoms with E-state index in [1.807, 2.05) is 13.1 Å². The monoisotopic (exact) mass is 736 g/mol. The molecule has 0 bridgehead atoms. The Labute approximate surface area is 292 Å². The Morgan fingerprint density at radius 1 is 1.30 bits per heavy atom. The van der Waals surface area contributed by atoms with E-state index in [1.165, 1.54) is 26.2 Å². The fourth-order valence-electron chi connectivity index (χ4n) is 6.05. The number of anilines is 1. The van der Waals surface area contributed by atoms with Crippen molar-refractivity contribution < 1.29 is 46.3 Å². The van der Waals surface area contributed by atoms with Gasteiger partial charge in [0.05, 0.1) is 5.54 Å². The largest absolute Gasteiger partial charge is 0.485 e. The van der Waals surface area contributed by atoms with Crippen LogP contribution in [0.1, 0.15) is 63.3 Å². The number of oxime groups is 1. The number of aromatic nitrogens is 1. The van der Waals surface area contributed by atoms with Crippen molar-refractivity contribution in [2.45, 2.75) is 82.2 Å². The zero-order chi connectivity index (χ0) is 36.6. The number of amidine groups is 1. The number of carbonyl (C=O) groups excluding carboxylic acids is 2. The molecular formula is C30H40N8O10S2. The molecule has 50 heavy (non-hydrogen) atoms. The zero-order valence-corrected chi connectivity index (χ0v) is 29.4. The third kappa shape index (κ3) is 7.68. The number of carbonyl (C=O) groups is 3. The minimum Gasteiger partial charge on any atom is -0.485 e. The maximum Gasteiger partial charge on any atom is 0.418 e. The lowest BCUT2D eigenvalue weighted by atomic mass is 9.78. The van der Waals surface area contributed by atoms with Crippen molar-refractivity contribution >= 4 is 56.2 Å². The van der Waals surface area contributed by atoms with Crippen molar-refractivity contribution in [1.29, 1.82) is 5.41 Å². The van der Waals surface area contributed by atoms with E-state index < -0.39 is 57.2 Å². The van der Waals surface area contributed by atoms with Gasteiger partial charge in [-0.3, -0.25) is 19.6 Å². The van der Waals surface area contributed by atoms with Crippen molar-refractivity contribution in [3.63, 3.8) is 0 Å². The van der Waals surface area contributed by atoms with Crippen LogP contribution in [0.15, 0.2) is 28.7 Å². The smallest absolute Gasteiger partial charge is 0.418 e. The SMILES string of the molecule is CNCCC1CC(NC(=N)c2ccc3c(c2)CC[C@H]([C@](C)(O/N=C(\C(=O)N[C@@H]2C(=O)N(OS(=O)(=O)O)C2(C)C)c2csc(N)n2)C(=O)O)O3)C1. The number of rotatable bonds is 14. The Hall–Kier alpha value is -4.37. The molecule has 2 aromatic rings. The van der Waals surface area contributed by atoms with Crippen LogP contribution in [0.25, 0.3) is 0 Å². The molecule has 0 radical (unpaired) electrons. The number of nitrogens with zero attached hydrogens (tertiary/aromatic N) is 3. The number of amides is 2. The molecule has 1 aliphatic carbocycles. The van der Waals surface area contributed by atoms with Crippen LogP contribution in [0.3, 0.4) is 0 Å². The van der Waals surface area contributed by atoms with Gasteiger partial charge in [0.1, 0.15) is 23.3 Å². The molecule has 3 heterocycles. The van der Waals surface area contributed by atoms with Crippen LogP contribution in [0.2, 0.25) is 0 Å². The van der Waals surface area contributed by atoms with Gasteiger partial charge < -0.3 is 36.4 Å². The predicted molar refractivity (Wildman–Crippen MR) is 180 cm³/mol. The average Bonchev–Trinajstić information content (AvgIpc) is 3.47. The molecule has 1 saturated carbocycles. The molecule has 5 rings (SSSR count). The Kier molecular flexibility index (Phi) is 10.4. The van der Waals surface area contributed by atoms with E-state index in [4.69, 9.17) is 25.3 Å². The second kappa shape index (κ2) is 14.1. The Balaban J connectivity index is 1.29. The number of nitrogens with two attached hydrogens (primary N) is 1. The van der Waals surface area contributed by atoms with Crippen molar-refractivity contribution in [3.8, 4) is 5.75 Å². The first kappa shape index (κ1) is 36.9. The second-order valence-corrected chi connectivity index (χ2v) is 15.0. The third-order valence-corrected chi connectivity index (χ3v) is 10.2. The first-order valence-corrected chi connectivity index (χ1v) is 18.0. The van der Waals surface area contributed by atoms with Crippen LogP contribution in [-0.2, 0) is 40.3 Å². The van der Waals surface area contributed by atoms with Gasteiger partial charge >= 0.3 is 16.4 Å². The molecule has 1 saturated heterocycles. The standard InChI is InChI=1S/C30H40N8O10S2/c1-29(2)23(26(40)38(29)48-50(43,44)45)36-25(39)22(19-14-49-28(32)35-19)37-47-30(3,27(41)42)21-8-6-16-13-17(5-7-20(16)46-21)24(31)34-18-11-15(12-18)9-10-33-4/h5,7,13-15,18,21,23,33H,6,8-12H2,1-4H3,(H2,31,34)(H2,32,35)(H,36,39)(H,41,42)(H,43,44,45)/b37-22-/t15?,18?,21-,23-,30+/m1/s1. The predicted octanol–water partition coefficient (Wildman–Crippen LogP) is 0.826. The molecule has 2 aliphatic heterocycles. The Bertz CT molecular complexity index is 1810. The fraction of sp³-hybridized carbons (Fsp3) is 0.533. The highest BCUT2D eigenvalue weighted by Crippen LogP contribution is 2.36. The minimum atomic E-state index is -5.03. The van der Waals surface area contributed by atoms with Crippen LogP contribution >= 0.6 is 11.3 Å². The summed E-state index contributed by atoms with van der Waals surface area (Å²) in [7, 11) is -3.10. The van der Waals surface area contributed by atoms with E-state index >= 15 is 0 Å². The normalized spacial score (nSPS) is 24.1. The minimum absolute atomic E-state index is 0.0607. The van der Waals surface area contributed by atoms with Crippen LogP contribution in [0.4, 0.5) is 5.13 Å². The lowest BCUT2D eigenvalue weighted by Gasteiger charge is -2.50. The summed E-state index contributed by atoms with van der Waals surface area (Å²) in [6.45, 7) is 4.96. The third-order valence-electron chi connectivity index (χ3n) is 9.15. The van der Waals surface area contributed by atoms with Crippen LogP contribution < -0.4 is 26.4 Å². The van der Waals surface area contributed by atoms with Crippen molar-refractivity contribution in [2.24, 2.45) is 11.1 Å². The van der Waals surface area contributed by atoms with E-state index in [1.54, 1.807) is 12.1 Å². The molecule has 2 fully saturated rings. The van der Waals surface area contributed by atoms with E-state index in [9.17, 15) is 27.9 Å². The summed E-state index contributed by atoms with van der Waals surface area (Å²) in [5.74, 6) is -2.08. The van der Waals surface area contributed by atoms with E-state index in [2.05, 4.69) is 30.4 Å². The quantitative estimate of drug-likeness (QED) is 0.0466. The molecule has 8 N–H and O–H groups in total. The van der Waals surface area contributed by atoms with Gasteiger partial charge in [-0.1, -0.05) is 5.16 Å². The maximum absolute atomic E-state index is 13.5. The molecule has 0 spiro atoms. The van der Waals surface area contributed by atoms with Gasteiger partial charge in [0, 0.05) is 17.0 Å². The molecule has 18 nitrogen and oxygen atoms in total. The number of carboxylic acid groups (broad SMARTS) is 1. The number of nitrogens with one attached hydrogen (secondary N) is 4. The molecular weight excluding hydrogens is 697 g/mol. The van der Waals surface area contributed by atoms with E-state index in [-0.39, 0.29) is 23.3 Å². The number of β-lactam (4-membered cyclic amide) rings is 1. The number of carboxylic acids is 1. The van der Waals surface area contributed by atoms with Gasteiger partial charge in [-0.2, -0.15) is 13.5 Å². The number of fused-ring (bicyclic) bond motifs is 1. The lowest BCUT2D eigenvalue weighted by molar-refractivity contribution is -0.218. The first-order chi connectivity index (χ1) is 23.4. The topological polar surface area (TPSA) is 268 Å². The zero-order valence-electron chi connectivity index (χ0n) is 27.8. The lowest BCUT2D eigenvalue weighted by Crippen LogP contribution is -2.76. The van der Waals surface area contributed by atoms with Gasteiger partial charge in [-0.15, -0.1) is 15.6 Å². The maximum atomic E-state index is 13.5. The number of nitrogen functional groups attached to an aromatic ring is 1. The summed E-state index contributed by atoms with van der Waals surface area (Å²) < 4.78 is 41.8. The molecule has 2 amide bonds. The fourth-order valence-corrected chi connectivity index (χ4v) is 7.06. The molecule has 272 valence electrons. The van der Waals surface area contributed by atoms with Crippen LogP contribution in [-0.4, -0.2) is 100 Å². The number of hydroxylamine groups is 2. The number of hydrogen-bond acceptors (Lipinski definition) is 14. The van der Waals surface area contributed by atoms with Crippen molar-refractivity contribution in [2.75, 3.05) is 19.3 Å². The Morgan fingerprint density at radius 2 is 2.02 bits per heavy atom. The van der Waals surface area contributed by atoms with E-state index in [0.29, 0.717) is 34.6 Å². The number of ether oxygens (including phenoxy) is 1. The van der Waals surface area contributed by atoms with Gasteiger partial charge in [0.25, 0.3) is 17.4 Å². The summed E-state index contributed by atoms with van der Waals surface area (Å²) in [6.07, 6.45) is 2.67. The van der Waals surface area contributed by atoms with Gasteiger partial charge in [-0.25, -0.2) is 9.78 Å². The molecule has 0 unspecified atom stereocenters. The average molecular weight is 737 g/mol. The highest BCUT2D eigenvalue weighted by Gasteiger charge is 2.58. The molecule has 3 aliphatic rings. The number of thiazole rings is 1. The van der Waals surface area contributed by atoms with Crippen molar-refractivity contribution in [1.82, 2.24) is 26.0 Å². The summed E-state index contributed by atoms with van der Waals surface area (Å²) in [4.78, 5) is 48.4. The molecule has 3 atom stereocenters. The number of aliphatic carboxylic acids is 1. The summed E-state index contributed by atoms with van der Waals surface area (Å²) >= 11 is 0.967. The first-order valence-electron chi connectivity index (χ1n) is 15.8. The molecule has 20 heteroatoms. The molecule has 1 aromatic carbocycles. The van der Waals surface area contributed by atoms with Gasteiger partial charge in [-0.05, 0) is 96.1 Å². The Morgan fingerprint density at radius 3 is 2.62 bits per heavy atom. The number of benzene rings is 1. The number of hydrogen-bond donors (Lipinski definition) is 7. The summed E-state index contributed by atoms with van der Waals surface area (Å²) in [5.41, 5.74) is 3.09. The van der Waals surface area contributed by atoms with Gasteiger partial charge in [0.2, 0.25) is 0 Å². The highest BCUT2D eigenvalue weighted by molar-refractivity contribution is 7.80. The molecule has 1 aromatic heterocycles. The van der Waals surface area contributed by atoms with Gasteiger partial charge in [0.15, 0.2) is 16.9 Å². The second-order valence-electron chi connectivity index (χ2n) is 13.1.